The second kappa shape index (κ2) is 6.88. The Morgan fingerprint density at radius 3 is 2.75 bits per heavy atom. The number of rotatable bonds is 5. The van der Waals surface area contributed by atoms with Gasteiger partial charge >= 0.3 is 0 Å². The zero-order chi connectivity index (χ0) is 17.1. The van der Waals surface area contributed by atoms with E-state index in [1.54, 1.807) is 25.3 Å². The lowest BCUT2D eigenvalue weighted by Crippen LogP contribution is -2.16. The second-order valence-electron chi connectivity index (χ2n) is 4.86. The third kappa shape index (κ3) is 3.48. The summed E-state index contributed by atoms with van der Waals surface area (Å²) in [6.45, 7) is 0. The molecule has 0 saturated carbocycles. The van der Waals surface area contributed by atoms with Crippen molar-refractivity contribution in [2.45, 2.75) is 5.16 Å². The number of H-pyrrole nitrogens is 1. The largest absolute Gasteiger partial charge is 0.497 e. The van der Waals surface area contributed by atoms with Gasteiger partial charge in [-0.2, -0.15) is 0 Å². The maximum atomic E-state index is 13.5. The van der Waals surface area contributed by atoms with Gasteiger partial charge in [-0.25, -0.2) is 13.8 Å². The molecular weight excluding hydrogens is 336 g/mol. The molecule has 0 bridgehead atoms. The fraction of sp³-hybridized carbons (Fsp3) is 0.125. The molecule has 0 atom stereocenters. The van der Waals surface area contributed by atoms with E-state index >= 15 is 0 Å². The van der Waals surface area contributed by atoms with Crippen LogP contribution in [0.15, 0.2) is 41.6 Å². The van der Waals surface area contributed by atoms with Crippen molar-refractivity contribution < 1.29 is 18.3 Å². The first kappa shape index (κ1) is 16.3. The SMILES string of the molecule is COc1ccc2nc(SCC(=O)Nc3c(F)cccc3F)[nH]c2c1. The molecule has 124 valence electrons. The summed E-state index contributed by atoms with van der Waals surface area (Å²) in [5.41, 5.74) is 1.06. The molecule has 3 rings (SSSR count). The number of nitrogens with zero attached hydrogens (tertiary/aromatic N) is 1. The summed E-state index contributed by atoms with van der Waals surface area (Å²) in [5, 5.41) is 2.76. The number of imidazole rings is 1. The van der Waals surface area contributed by atoms with Crippen LogP contribution in [0.1, 0.15) is 0 Å². The molecule has 2 aromatic carbocycles. The number of aromatic amines is 1. The van der Waals surface area contributed by atoms with Gasteiger partial charge in [0.15, 0.2) is 5.16 Å². The van der Waals surface area contributed by atoms with Gasteiger partial charge in [0.25, 0.3) is 0 Å². The van der Waals surface area contributed by atoms with Crippen molar-refractivity contribution in [1.29, 1.82) is 0 Å². The van der Waals surface area contributed by atoms with Crippen LogP contribution in [0.5, 0.6) is 5.75 Å². The number of methoxy groups -OCH3 is 1. The highest BCUT2D eigenvalue weighted by Gasteiger charge is 2.13. The van der Waals surface area contributed by atoms with Gasteiger partial charge in [0.2, 0.25) is 5.91 Å². The van der Waals surface area contributed by atoms with Crippen LogP contribution in [0.25, 0.3) is 11.0 Å². The van der Waals surface area contributed by atoms with E-state index in [-0.39, 0.29) is 5.75 Å². The monoisotopic (exact) mass is 349 g/mol. The van der Waals surface area contributed by atoms with Gasteiger partial charge in [-0.05, 0) is 24.3 Å². The molecule has 2 N–H and O–H groups in total. The van der Waals surface area contributed by atoms with E-state index in [0.29, 0.717) is 10.9 Å². The number of aromatic nitrogens is 2. The molecule has 0 aliphatic carbocycles. The van der Waals surface area contributed by atoms with E-state index in [2.05, 4.69) is 15.3 Å². The van der Waals surface area contributed by atoms with E-state index in [4.69, 9.17) is 4.74 Å². The maximum Gasteiger partial charge on any atom is 0.235 e. The van der Waals surface area contributed by atoms with Gasteiger partial charge in [0.05, 0.1) is 23.9 Å². The summed E-state index contributed by atoms with van der Waals surface area (Å²) in [4.78, 5) is 19.3. The molecule has 0 saturated heterocycles. The first-order valence-corrected chi connectivity index (χ1v) is 7.96. The normalized spacial score (nSPS) is 10.8. The number of ether oxygens (including phenoxy) is 1. The predicted octanol–water partition coefficient (Wildman–Crippen LogP) is 3.58. The molecule has 0 spiro atoms. The summed E-state index contributed by atoms with van der Waals surface area (Å²) in [5.74, 6) is -1.50. The van der Waals surface area contributed by atoms with Crippen molar-refractivity contribution in [3.8, 4) is 5.75 Å². The van der Waals surface area contributed by atoms with Gasteiger partial charge in [0, 0.05) is 6.07 Å². The Kier molecular flexibility index (Phi) is 4.66. The van der Waals surface area contributed by atoms with Gasteiger partial charge in [-0.3, -0.25) is 4.79 Å². The lowest BCUT2D eigenvalue weighted by molar-refractivity contribution is -0.113. The van der Waals surface area contributed by atoms with Gasteiger partial charge in [-0.1, -0.05) is 17.8 Å². The molecule has 8 heteroatoms. The average molecular weight is 349 g/mol. The Labute approximate surface area is 140 Å². The number of carbonyl (C=O) groups is 1. The Morgan fingerprint density at radius 1 is 1.29 bits per heavy atom. The molecule has 5 nitrogen and oxygen atoms in total. The third-order valence-corrected chi connectivity index (χ3v) is 4.11. The summed E-state index contributed by atoms with van der Waals surface area (Å²) in [7, 11) is 1.57. The third-order valence-electron chi connectivity index (χ3n) is 3.23. The van der Waals surface area contributed by atoms with Crippen molar-refractivity contribution >= 4 is 34.4 Å². The number of benzene rings is 2. The number of hydrogen-bond donors (Lipinski definition) is 2. The standard InChI is InChI=1S/C16H13F2N3O2S/c1-23-9-5-6-12-13(7-9)20-16(19-12)24-8-14(22)21-15-10(17)3-2-4-11(15)18/h2-7H,8H2,1H3,(H,19,20)(H,21,22). The van der Waals surface area contributed by atoms with E-state index < -0.39 is 23.2 Å². The van der Waals surface area contributed by atoms with Crippen molar-refractivity contribution in [3.63, 3.8) is 0 Å². The van der Waals surface area contributed by atoms with Crippen LogP contribution in [0.4, 0.5) is 14.5 Å². The van der Waals surface area contributed by atoms with E-state index in [1.165, 1.54) is 6.07 Å². The van der Waals surface area contributed by atoms with Gasteiger partial charge < -0.3 is 15.0 Å². The number of halogens is 2. The first-order chi connectivity index (χ1) is 11.6. The fourth-order valence-electron chi connectivity index (χ4n) is 2.09. The van der Waals surface area contributed by atoms with E-state index in [9.17, 15) is 13.6 Å². The number of anilines is 1. The molecule has 0 fully saturated rings. The Morgan fingerprint density at radius 2 is 2.04 bits per heavy atom. The zero-order valence-corrected chi connectivity index (χ0v) is 13.4. The van der Waals surface area contributed by atoms with Crippen LogP contribution in [0, 0.1) is 11.6 Å². The van der Waals surface area contributed by atoms with Crippen LogP contribution in [0.2, 0.25) is 0 Å². The highest BCUT2D eigenvalue weighted by molar-refractivity contribution is 7.99. The minimum Gasteiger partial charge on any atom is -0.497 e. The maximum absolute atomic E-state index is 13.5. The van der Waals surface area contributed by atoms with Crippen molar-refractivity contribution in [3.05, 3.63) is 48.0 Å². The lowest BCUT2D eigenvalue weighted by Gasteiger charge is -2.06. The number of para-hydroxylation sites is 1. The van der Waals surface area contributed by atoms with Crippen LogP contribution in [0.3, 0.4) is 0 Å². The van der Waals surface area contributed by atoms with Crippen LogP contribution in [-0.4, -0.2) is 28.7 Å². The number of fused-ring (bicyclic) bond motifs is 1. The quantitative estimate of drug-likeness (QED) is 0.691. The molecule has 0 aliphatic heterocycles. The first-order valence-electron chi connectivity index (χ1n) is 6.97. The number of nitrogens with one attached hydrogen (secondary N) is 2. The molecule has 1 heterocycles. The molecule has 24 heavy (non-hydrogen) atoms. The highest BCUT2D eigenvalue weighted by atomic mass is 32.2. The molecule has 3 aromatic rings. The Balaban J connectivity index is 1.66. The van der Waals surface area contributed by atoms with Crippen molar-refractivity contribution in [2.75, 3.05) is 18.2 Å². The number of carbonyl (C=O) groups excluding carboxylic acids is 1. The topological polar surface area (TPSA) is 67.0 Å². The van der Waals surface area contributed by atoms with Crippen molar-refractivity contribution in [2.24, 2.45) is 0 Å². The Bertz CT molecular complexity index is 878. The van der Waals surface area contributed by atoms with Gasteiger partial charge in [-0.15, -0.1) is 0 Å². The minimum absolute atomic E-state index is 0.0370. The Hall–Kier alpha value is -2.61. The number of amides is 1. The van der Waals surface area contributed by atoms with Crippen LogP contribution >= 0.6 is 11.8 Å². The van der Waals surface area contributed by atoms with E-state index in [1.807, 2.05) is 0 Å². The fourth-order valence-corrected chi connectivity index (χ4v) is 2.77. The average Bonchev–Trinajstić information content (AvgIpc) is 2.98. The van der Waals surface area contributed by atoms with E-state index in [0.717, 1.165) is 34.9 Å². The molecule has 1 aromatic heterocycles. The molecule has 0 radical (unpaired) electrons. The minimum atomic E-state index is -0.816. The molecular formula is C16H13F2N3O2S. The molecule has 1 amide bonds. The molecule has 0 aliphatic rings. The van der Waals surface area contributed by atoms with Crippen LogP contribution in [-0.2, 0) is 4.79 Å². The second-order valence-corrected chi connectivity index (χ2v) is 5.82. The van der Waals surface area contributed by atoms with Crippen molar-refractivity contribution in [1.82, 2.24) is 9.97 Å². The van der Waals surface area contributed by atoms with Gasteiger partial charge in [0.1, 0.15) is 23.1 Å². The summed E-state index contributed by atoms with van der Waals surface area (Å²) in [6, 6.07) is 8.77. The summed E-state index contributed by atoms with van der Waals surface area (Å²) in [6.07, 6.45) is 0. The highest BCUT2D eigenvalue weighted by Crippen LogP contribution is 2.24. The zero-order valence-electron chi connectivity index (χ0n) is 12.6. The van der Waals surface area contributed by atoms with Crippen LogP contribution < -0.4 is 10.1 Å². The lowest BCUT2D eigenvalue weighted by atomic mass is 10.3. The summed E-state index contributed by atoms with van der Waals surface area (Å²) < 4.78 is 32.1. The number of thioether (sulfide) groups is 1. The summed E-state index contributed by atoms with van der Waals surface area (Å²) >= 11 is 1.13. The smallest absolute Gasteiger partial charge is 0.235 e. The number of hydrogen-bond acceptors (Lipinski definition) is 4. The molecule has 0 unspecified atom stereocenters. The predicted molar refractivity (Wildman–Crippen MR) is 88.4 cm³/mol.